The van der Waals surface area contributed by atoms with Crippen molar-refractivity contribution in [3.05, 3.63) is 35.6 Å². The Hall–Kier alpha value is -1.46. The molecule has 2 aliphatic rings. The van der Waals surface area contributed by atoms with E-state index < -0.39 is 0 Å². The fraction of sp³-hybridized carbons (Fsp3) is 0.632. The van der Waals surface area contributed by atoms with Gasteiger partial charge in [-0.1, -0.05) is 12.1 Å². The third kappa shape index (κ3) is 4.14. The van der Waals surface area contributed by atoms with Crippen molar-refractivity contribution in [1.29, 1.82) is 0 Å². The third-order valence-corrected chi connectivity index (χ3v) is 5.28. The molecule has 2 heterocycles. The van der Waals surface area contributed by atoms with Gasteiger partial charge in [0, 0.05) is 31.7 Å². The van der Waals surface area contributed by atoms with Crippen molar-refractivity contribution in [3.8, 4) is 0 Å². The van der Waals surface area contributed by atoms with Gasteiger partial charge < -0.3 is 9.64 Å². The highest BCUT2D eigenvalue weighted by Gasteiger charge is 2.40. The van der Waals surface area contributed by atoms with Crippen LogP contribution in [0.1, 0.15) is 31.7 Å². The number of rotatable bonds is 5. The van der Waals surface area contributed by atoms with Crippen LogP contribution in [0, 0.1) is 11.2 Å². The fourth-order valence-corrected chi connectivity index (χ4v) is 3.92. The van der Waals surface area contributed by atoms with Crippen molar-refractivity contribution in [2.24, 2.45) is 5.41 Å². The number of halogens is 1. The summed E-state index contributed by atoms with van der Waals surface area (Å²) in [6.45, 7) is 7.15. The van der Waals surface area contributed by atoms with E-state index in [1.54, 1.807) is 11.0 Å². The van der Waals surface area contributed by atoms with E-state index in [-0.39, 0.29) is 17.1 Å². The molecule has 5 heteroatoms. The summed E-state index contributed by atoms with van der Waals surface area (Å²) in [6.07, 6.45) is 3.46. The van der Waals surface area contributed by atoms with E-state index in [2.05, 4.69) is 4.90 Å². The van der Waals surface area contributed by atoms with Crippen molar-refractivity contribution in [3.63, 3.8) is 0 Å². The Balaban J connectivity index is 1.55. The summed E-state index contributed by atoms with van der Waals surface area (Å²) in [6, 6.07) is 6.48. The second kappa shape index (κ2) is 7.62. The zero-order valence-corrected chi connectivity index (χ0v) is 14.5. The first-order valence-electron chi connectivity index (χ1n) is 8.92. The van der Waals surface area contributed by atoms with Crippen LogP contribution in [0.25, 0.3) is 0 Å². The van der Waals surface area contributed by atoms with Crippen molar-refractivity contribution in [2.75, 3.05) is 39.4 Å². The van der Waals surface area contributed by atoms with Crippen molar-refractivity contribution < 1.29 is 13.9 Å². The number of likely N-dealkylation sites (N-methyl/N-ethyl adjacent to an activating group) is 1. The molecule has 2 aliphatic heterocycles. The maximum absolute atomic E-state index is 13.3. The SMILES string of the molecule is CCN(Cc1cccc(F)c1)C(=O)CN1CCC2(CCCOC2)C1. The summed E-state index contributed by atoms with van der Waals surface area (Å²) in [7, 11) is 0. The number of ether oxygens (including phenoxy) is 1. The standard InChI is InChI=1S/C19H27FN2O2/c1-2-22(12-16-5-3-6-17(20)11-16)18(23)13-21-9-8-19(14-21)7-4-10-24-15-19/h3,5-6,11H,2,4,7-10,12-15H2,1H3. The Morgan fingerprint density at radius 1 is 1.42 bits per heavy atom. The van der Waals surface area contributed by atoms with E-state index in [1.807, 2.05) is 13.0 Å². The Morgan fingerprint density at radius 2 is 2.29 bits per heavy atom. The predicted octanol–water partition coefficient (Wildman–Crippen LogP) is 2.68. The average molecular weight is 334 g/mol. The van der Waals surface area contributed by atoms with Crippen molar-refractivity contribution in [2.45, 2.75) is 32.7 Å². The molecule has 0 aliphatic carbocycles. The average Bonchev–Trinajstić information content (AvgIpc) is 2.95. The Labute approximate surface area is 143 Å². The van der Waals surface area contributed by atoms with Gasteiger partial charge in [0.1, 0.15) is 5.82 Å². The van der Waals surface area contributed by atoms with E-state index in [0.717, 1.165) is 44.7 Å². The third-order valence-electron chi connectivity index (χ3n) is 5.28. The van der Waals surface area contributed by atoms with Gasteiger partial charge in [0.2, 0.25) is 5.91 Å². The zero-order valence-electron chi connectivity index (χ0n) is 14.5. The second-order valence-corrected chi connectivity index (χ2v) is 7.15. The van der Waals surface area contributed by atoms with Gasteiger partial charge in [0.25, 0.3) is 0 Å². The minimum atomic E-state index is -0.255. The molecule has 1 atom stereocenters. The molecule has 132 valence electrons. The van der Waals surface area contributed by atoms with E-state index in [0.29, 0.717) is 19.6 Å². The number of hydrogen-bond acceptors (Lipinski definition) is 3. The monoisotopic (exact) mass is 334 g/mol. The van der Waals surface area contributed by atoms with Gasteiger partial charge in [-0.3, -0.25) is 9.69 Å². The topological polar surface area (TPSA) is 32.8 Å². The lowest BCUT2D eigenvalue weighted by molar-refractivity contribution is -0.132. The summed E-state index contributed by atoms with van der Waals surface area (Å²) in [5.41, 5.74) is 1.10. The molecule has 0 radical (unpaired) electrons. The predicted molar refractivity (Wildman–Crippen MR) is 91.0 cm³/mol. The number of nitrogens with zero attached hydrogens (tertiary/aromatic N) is 2. The van der Waals surface area contributed by atoms with Crippen LogP contribution in [0.4, 0.5) is 4.39 Å². The molecule has 0 bridgehead atoms. The summed E-state index contributed by atoms with van der Waals surface area (Å²) in [5.74, 6) is -0.134. The number of likely N-dealkylation sites (tertiary alicyclic amines) is 1. The molecule has 1 aromatic rings. The highest BCUT2D eigenvalue weighted by atomic mass is 19.1. The molecular formula is C19H27FN2O2. The first-order chi connectivity index (χ1) is 11.6. The molecule has 1 spiro atoms. The van der Waals surface area contributed by atoms with Gasteiger partial charge in [-0.15, -0.1) is 0 Å². The molecule has 1 amide bonds. The summed E-state index contributed by atoms with van der Waals surface area (Å²) in [4.78, 5) is 16.7. The molecule has 1 unspecified atom stereocenters. The fourth-order valence-electron chi connectivity index (χ4n) is 3.92. The van der Waals surface area contributed by atoms with Crippen molar-refractivity contribution in [1.82, 2.24) is 9.80 Å². The Morgan fingerprint density at radius 3 is 3.00 bits per heavy atom. The number of amides is 1. The van der Waals surface area contributed by atoms with Crippen LogP contribution in [0.2, 0.25) is 0 Å². The highest BCUT2D eigenvalue weighted by Crippen LogP contribution is 2.37. The minimum absolute atomic E-state index is 0.121. The van der Waals surface area contributed by atoms with E-state index >= 15 is 0 Å². The molecule has 4 nitrogen and oxygen atoms in total. The lowest BCUT2D eigenvalue weighted by atomic mass is 9.82. The molecule has 1 aromatic carbocycles. The zero-order chi connectivity index (χ0) is 17.0. The number of carbonyl (C=O) groups is 1. The molecular weight excluding hydrogens is 307 g/mol. The quantitative estimate of drug-likeness (QED) is 0.830. The largest absolute Gasteiger partial charge is 0.381 e. The van der Waals surface area contributed by atoms with E-state index in [1.165, 1.54) is 18.6 Å². The summed E-state index contributed by atoms with van der Waals surface area (Å²) >= 11 is 0. The Bertz CT molecular complexity index is 572. The maximum atomic E-state index is 13.3. The molecule has 2 saturated heterocycles. The van der Waals surface area contributed by atoms with Gasteiger partial charge in [-0.25, -0.2) is 4.39 Å². The van der Waals surface area contributed by atoms with E-state index in [4.69, 9.17) is 4.74 Å². The summed E-state index contributed by atoms with van der Waals surface area (Å²) in [5, 5.41) is 0. The summed E-state index contributed by atoms with van der Waals surface area (Å²) < 4.78 is 19.0. The molecule has 0 saturated carbocycles. The van der Waals surface area contributed by atoms with Crippen LogP contribution in [0.15, 0.2) is 24.3 Å². The lowest BCUT2D eigenvalue weighted by Crippen LogP contribution is -2.41. The van der Waals surface area contributed by atoms with E-state index in [9.17, 15) is 9.18 Å². The molecule has 3 rings (SSSR count). The molecule has 0 N–H and O–H groups in total. The van der Waals surface area contributed by atoms with Gasteiger partial charge in [0.05, 0.1) is 13.2 Å². The van der Waals surface area contributed by atoms with Crippen LogP contribution in [-0.2, 0) is 16.1 Å². The first kappa shape index (κ1) is 17.4. The molecule has 2 fully saturated rings. The second-order valence-electron chi connectivity index (χ2n) is 7.15. The number of hydrogen-bond donors (Lipinski definition) is 0. The normalized spacial score (nSPS) is 24.4. The highest BCUT2D eigenvalue weighted by molar-refractivity contribution is 5.78. The molecule has 24 heavy (non-hydrogen) atoms. The first-order valence-corrected chi connectivity index (χ1v) is 8.92. The lowest BCUT2D eigenvalue weighted by Gasteiger charge is -2.33. The minimum Gasteiger partial charge on any atom is -0.381 e. The van der Waals surface area contributed by atoms with Gasteiger partial charge in [-0.2, -0.15) is 0 Å². The van der Waals surface area contributed by atoms with Crippen LogP contribution in [-0.4, -0.2) is 55.1 Å². The van der Waals surface area contributed by atoms with Crippen LogP contribution < -0.4 is 0 Å². The van der Waals surface area contributed by atoms with Gasteiger partial charge in [0.15, 0.2) is 0 Å². The molecule has 0 aromatic heterocycles. The van der Waals surface area contributed by atoms with Crippen LogP contribution in [0.3, 0.4) is 0 Å². The number of carbonyl (C=O) groups excluding carboxylic acids is 1. The van der Waals surface area contributed by atoms with Crippen LogP contribution in [0.5, 0.6) is 0 Å². The number of benzene rings is 1. The Kier molecular flexibility index (Phi) is 5.51. The van der Waals surface area contributed by atoms with Gasteiger partial charge >= 0.3 is 0 Å². The van der Waals surface area contributed by atoms with Crippen LogP contribution >= 0.6 is 0 Å². The maximum Gasteiger partial charge on any atom is 0.237 e. The van der Waals surface area contributed by atoms with Crippen molar-refractivity contribution >= 4 is 5.91 Å². The smallest absolute Gasteiger partial charge is 0.237 e. The van der Waals surface area contributed by atoms with Gasteiger partial charge in [-0.05, 0) is 50.4 Å².